The van der Waals surface area contributed by atoms with Gasteiger partial charge in [-0.15, -0.1) is 11.3 Å². The van der Waals surface area contributed by atoms with Crippen molar-refractivity contribution in [2.24, 2.45) is 0 Å². The zero-order valence-corrected chi connectivity index (χ0v) is 11.4. The first-order valence-electron chi connectivity index (χ1n) is 6.23. The Morgan fingerprint density at radius 3 is 3.22 bits per heavy atom. The first-order valence-corrected chi connectivity index (χ1v) is 7.11. The predicted octanol–water partition coefficient (Wildman–Crippen LogP) is 2.12. The lowest BCUT2D eigenvalue weighted by molar-refractivity contribution is -0.141. The molecule has 5 heteroatoms. The van der Waals surface area contributed by atoms with Crippen LogP contribution in [-0.2, 0) is 14.3 Å². The monoisotopic (exact) mass is 269 g/mol. The number of esters is 1. The van der Waals surface area contributed by atoms with Crippen LogP contribution in [0, 0.1) is 0 Å². The second-order valence-electron chi connectivity index (χ2n) is 4.43. The van der Waals surface area contributed by atoms with E-state index in [9.17, 15) is 4.79 Å². The van der Waals surface area contributed by atoms with Crippen LogP contribution in [0.5, 0.6) is 0 Å². The van der Waals surface area contributed by atoms with Crippen molar-refractivity contribution in [1.82, 2.24) is 5.32 Å². The fourth-order valence-electron chi connectivity index (χ4n) is 2.14. The molecular formula is C13H19NO3S. The fraction of sp³-hybridized carbons (Fsp3) is 0.615. The smallest absolute Gasteiger partial charge is 0.307 e. The van der Waals surface area contributed by atoms with Gasteiger partial charge in [-0.25, -0.2) is 0 Å². The molecule has 1 aliphatic heterocycles. The molecule has 0 spiro atoms. The minimum Gasteiger partial charge on any atom is -0.469 e. The molecule has 2 heterocycles. The quantitative estimate of drug-likeness (QED) is 0.832. The number of hydrogen-bond donors (Lipinski definition) is 1. The second-order valence-corrected chi connectivity index (χ2v) is 5.41. The molecule has 4 nitrogen and oxygen atoms in total. The highest BCUT2D eigenvalue weighted by Crippen LogP contribution is 2.24. The van der Waals surface area contributed by atoms with Crippen molar-refractivity contribution in [1.29, 1.82) is 0 Å². The highest BCUT2D eigenvalue weighted by molar-refractivity contribution is 7.10. The van der Waals surface area contributed by atoms with Gasteiger partial charge in [0.1, 0.15) is 0 Å². The number of thiophene rings is 1. The van der Waals surface area contributed by atoms with Crippen LogP contribution in [0.3, 0.4) is 0 Å². The third-order valence-electron chi connectivity index (χ3n) is 3.08. The molecule has 2 unspecified atom stereocenters. The van der Waals surface area contributed by atoms with Crippen LogP contribution in [0.2, 0.25) is 0 Å². The Morgan fingerprint density at radius 1 is 1.72 bits per heavy atom. The van der Waals surface area contributed by atoms with Crippen molar-refractivity contribution >= 4 is 17.3 Å². The van der Waals surface area contributed by atoms with Crippen LogP contribution in [0.15, 0.2) is 17.5 Å². The van der Waals surface area contributed by atoms with Crippen molar-refractivity contribution < 1.29 is 14.3 Å². The maximum absolute atomic E-state index is 11.5. The van der Waals surface area contributed by atoms with Gasteiger partial charge in [0.05, 0.1) is 26.2 Å². The minimum atomic E-state index is -0.183. The average molecular weight is 269 g/mol. The molecule has 1 aromatic heterocycles. The highest BCUT2D eigenvalue weighted by atomic mass is 32.1. The molecule has 2 atom stereocenters. The molecule has 0 aliphatic carbocycles. The molecule has 1 saturated heterocycles. The molecule has 0 amide bonds. The lowest BCUT2D eigenvalue weighted by atomic mass is 10.1. The number of ether oxygens (including phenoxy) is 2. The zero-order chi connectivity index (χ0) is 12.8. The molecule has 0 bridgehead atoms. The molecule has 0 saturated carbocycles. The van der Waals surface area contributed by atoms with Crippen molar-refractivity contribution in [3.63, 3.8) is 0 Å². The first-order chi connectivity index (χ1) is 8.79. The van der Waals surface area contributed by atoms with Crippen LogP contribution in [0.1, 0.15) is 30.2 Å². The average Bonchev–Trinajstić information content (AvgIpc) is 2.93. The van der Waals surface area contributed by atoms with Crippen LogP contribution in [0.25, 0.3) is 0 Å². The van der Waals surface area contributed by atoms with E-state index < -0.39 is 0 Å². The normalized spacial score (nSPS) is 21.5. The van der Waals surface area contributed by atoms with E-state index in [-0.39, 0.29) is 12.0 Å². The van der Waals surface area contributed by atoms with Gasteiger partial charge in [-0.3, -0.25) is 4.79 Å². The molecular weight excluding hydrogens is 250 g/mol. The molecule has 1 aliphatic rings. The molecule has 100 valence electrons. The van der Waals surface area contributed by atoms with Crippen molar-refractivity contribution in [3.05, 3.63) is 22.4 Å². The van der Waals surface area contributed by atoms with E-state index in [1.807, 2.05) is 11.4 Å². The van der Waals surface area contributed by atoms with Gasteiger partial charge in [0, 0.05) is 17.5 Å². The van der Waals surface area contributed by atoms with E-state index in [0.717, 1.165) is 26.1 Å². The summed E-state index contributed by atoms with van der Waals surface area (Å²) in [6.07, 6.45) is 2.55. The number of nitrogens with one attached hydrogen (secondary N) is 1. The molecule has 18 heavy (non-hydrogen) atoms. The Labute approximate surface area is 111 Å². The number of carbonyl (C=O) groups is 1. The summed E-state index contributed by atoms with van der Waals surface area (Å²) in [4.78, 5) is 12.6. The van der Waals surface area contributed by atoms with E-state index in [2.05, 4.69) is 11.4 Å². The Morgan fingerprint density at radius 2 is 2.61 bits per heavy atom. The van der Waals surface area contributed by atoms with Crippen LogP contribution in [-0.4, -0.2) is 32.3 Å². The van der Waals surface area contributed by atoms with Gasteiger partial charge in [0.25, 0.3) is 0 Å². The van der Waals surface area contributed by atoms with Gasteiger partial charge >= 0.3 is 5.97 Å². The largest absolute Gasteiger partial charge is 0.469 e. The summed E-state index contributed by atoms with van der Waals surface area (Å²) >= 11 is 1.66. The molecule has 1 fully saturated rings. The lowest BCUT2D eigenvalue weighted by Gasteiger charge is -2.27. The SMILES string of the molecule is COC(=O)CC(NC1CCCOC1)c1cccs1. The van der Waals surface area contributed by atoms with E-state index in [4.69, 9.17) is 9.47 Å². The van der Waals surface area contributed by atoms with Crippen LogP contribution < -0.4 is 5.32 Å². The fourth-order valence-corrected chi connectivity index (χ4v) is 2.92. The standard InChI is InChI=1S/C13H19NO3S/c1-16-13(15)8-11(12-5-3-7-18-12)14-10-4-2-6-17-9-10/h3,5,7,10-11,14H,2,4,6,8-9H2,1H3. The number of hydrogen-bond acceptors (Lipinski definition) is 5. The van der Waals surface area contributed by atoms with Gasteiger partial charge in [-0.05, 0) is 24.3 Å². The maximum Gasteiger partial charge on any atom is 0.307 e. The summed E-state index contributed by atoms with van der Waals surface area (Å²) in [5.41, 5.74) is 0. The van der Waals surface area contributed by atoms with E-state index >= 15 is 0 Å². The number of carbonyl (C=O) groups excluding carboxylic acids is 1. The van der Waals surface area contributed by atoms with Crippen LogP contribution in [0.4, 0.5) is 0 Å². The summed E-state index contributed by atoms with van der Waals surface area (Å²) in [5.74, 6) is -0.183. The first kappa shape index (κ1) is 13.5. The Bertz CT molecular complexity index is 360. The summed E-state index contributed by atoms with van der Waals surface area (Å²) in [6, 6.07) is 4.41. The predicted molar refractivity (Wildman–Crippen MR) is 70.7 cm³/mol. The van der Waals surface area contributed by atoms with Gasteiger partial charge in [0.2, 0.25) is 0 Å². The molecule has 2 rings (SSSR count). The Hall–Kier alpha value is -0.910. The summed E-state index contributed by atoms with van der Waals surface area (Å²) in [6.45, 7) is 1.57. The number of rotatable bonds is 5. The van der Waals surface area contributed by atoms with Crippen molar-refractivity contribution in [3.8, 4) is 0 Å². The van der Waals surface area contributed by atoms with Gasteiger partial charge in [-0.2, -0.15) is 0 Å². The topological polar surface area (TPSA) is 47.6 Å². The summed E-state index contributed by atoms with van der Waals surface area (Å²) in [5, 5.41) is 5.53. The summed E-state index contributed by atoms with van der Waals surface area (Å²) in [7, 11) is 1.43. The highest BCUT2D eigenvalue weighted by Gasteiger charge is 2.22. The van der Waals surface area contributed by atoms with Crippen molar-refractivity contribution in [2.75, 3.05) is 20.3 Å². The molecule has 1 N–H and O–H groups in total. The molecule has 0 radical (unpaired) electrons. The van der Waals surface area contributed by atoms with E-state index in [1.54, 1.807) is 11.3 Å². The third-order valence-corrected chi connectivity index (χ3v) is 4.07. The van der Waals surface area contributed by atoms with Crippen LogP contribution >= 0.6 is 11.3 Å². The summed E-state index contributed by atoms with van der Waals surface area (Å²) < 4.78 is 10.2. The van der Waals surface area contributed by atoms with Crippen molar-refractivity contribution in [2.45, 2.75) is 31.3 Å². The molecule has 0 aromatic carbocycles. The van der Waals surface area contributed by atoms with Gasteiger partial charge in [0.15, 0.2) is 0 Å². The van der Waals surface area contributed by atoms with Gasteiger partial charge in [-0.1, -0.05) is 6.07 Å². The number of methoxy groups -OCH3 is 1. The Balaban J connectivity index is 1.97. The minimum absolute atomic E-state index is 0.0316. The zero-order valence-electron chi connectivity index (χ0n) is 10.6. The van der Waals surface area contributed by atoms with E-state index in [1.165, 1.54) is 12.0 Å². The lowest BCUT2D eigenvalue weighted by Crippen LogP contribution is -2.39. The third kappa shape index (κ3) is 3.80. The Kier molecular flexibility index (Phi) is 5.16. The van der Waals surface area contributed by atoms with E-state index in [0.29, 0.717) is 12.5 Å². The second kappa shape index (κ2) is 6.87. The maximum atomic E-state index is 11.5. The van der Waals surface area contributed by atoms with Gasteiger partial charge < -0.3 is 14.8 Å². The molecule has 1 aromatic rings.